The van der Waals surface area contributed by atoms with E-state index in [1.807, 2.05) is 0 Å². The number of hydrogen-bond acceptors (Lipinski definition) is 5. The predicted molar refractivity (Wildman–Crippen MR) is 82.9 cm³/mol. The van der Waals surface area contributed by atoms with E-state index >= 15 is 0 Å². The Hall–Kier alpha value is -2.07. The fourth-order valence-electron chi connectivity index (χ4n) is 1.87. The third kappa shape index (κ3) is 5.75. The molecule has 0 aliphatic heterocycles. The third-order valence-corrected chi connectivity index (χ3v) is 4.88. The smallest absolute Gasteiger partial charge is 0.307 e. The van der Waals surface area contributed by atoms with Crippen LogP contribution in [0.25, 0.3) is 0 Å². The van der Waals surface area contributed by atoms with Crippen LogP contribution in [0.3, 0.4) is 0 Å². The first kappa shape index (κ1) is 19.3. The van der Waals surface area contributed by atoms with Gasteiger partial charge in [0, 0.05) is 12.6 Å². The van der Waals surface area contributed by atoms with Gasteiger partial charge >= 0.3 is 5.97 Å². The topological polar surface area (TPSA) is 102 Å². The van der Waals surface area contributed by atoms with Crippen molar-refractivity contribution in [3.8, 4) is 0 Å². The summed E-state index contributed by atoms with van der Waals surface area (Å²) in [6.07, 6.45) is 0.510. The molecular weight excluding hydrogens is 358 g/mol. The first-order valence-electron chi connectivity index (χ1n) is 7.63. The minimum absolute atomic E-state index is 0.136. The second-order valence-corrected chi connectivity index (χ2v) is 7.41. The first-order valence-corrected chi connectivity index (χ1v) is 9.12. The molecule has 1 amide bonds. The molecule has 1 fully saturated rings. The molecular formula is C15H18F2N2O5S. The quantitative estimate of drug-likeness (QED) is 0.655. The SMILES string of the molecule is C[C@@H](OC(=O)CCNS(=O)(=O)c1ccc(F)c(F)c1)C(=O)NC1CC1. The highest BCUT2D eigenvalue weighted by Crippen LogP contribution is 2.18. The summed E-state index contributed by atoms with van der Waals surface area (Å²) in [5, 5.41) is 2.68. The van der Waals surface area contributed by atoms with E-state index in [-0.39, 0.29) is 19.0 Å². The van der Waals surface area contributed by atoms with Crippen LogP contribution in [0.5, 0.6) is 0 Å². The van der Waals surface area contributed by atoms with Crippen LogP contribution in [0.15, 0.2) is 23.1 Å². The average Bonchev–Trinajstić information content (AvgIpc) is 3.33. The molecule has 2 N–H and O–H groups in total. The molecule has 25 heavy (non-hydrogen) atoms. The van der Waals surface area contributed by atoms with Gasteiger partial charge in [-0.2, -0.15) is 0 Å². The number of benzene rings is 1. The number of esters is 1. The Morgan fingerprint density at radius 2 is 1.96 bits per heavy atom. The summed E-state index contributed by atoms with van der Waals surface area (Å²) in [7, 11) is -4.09. The predicted octanol–water partition coefficient (Wildman–Crippen LogP) is 0.843. The minimum Gasteiger partial charge on any atom is -0.453 e. The molecule has 0 unspecified atom stereocenters. The zero-order valence-electron chi connectivity index (χ0n) is 13.4. The number of nitrogens with one attached hydrogen (secondary N) is 2. The van der Waals surface area contributed by atoms with Gasteiger partial charge in [-0.05, 0) is 38.0 Å². The Balaban J connectivity index is 1.79. The van der Waals surface area contributed by atoms with E-state index in [1.165, 1.54) is 6.92 Å². The minimum atomic E-state index is -4.09. The second-order valence-electron chi connectivity index (χ2n) is 5.64. The van der Waals surface area contributed by atoms with Crippen LogP contribution >= 0.6 is 0 Å². The maximum absolute atomic E-state index is 13.1. The normalized spacial score (nSPS) is 15.5. The maximum atomic E-state index is 13.1. The summed E-state index contributed by atoms with van der Waals surface area (Å²) >= 11 is 0. The molecule has 0 aromatic heterocycles. The monoisotopic (exact) mass is 376 g/mol. The summed E-state index contributed by atoms with van der Waals surface area (Å²) in [5.41, 5.74) is 0. The van der Waals surface area contributed by atoms with Gasteiger partial charge in [0.15, 0.2) is 17.7 Å². The molecule has 1 atom stereocenters. The molecule has 10 heteroatoms. The van der Waals surface area contributed by atoms with Crippen molar-refractivity contribution in [3.63, 3.8) is 0 Å². The number of ether oxygens (including phenoxy) is 1. The van der Waals surface area contributed by atoms with Gasteiger partial charge < -0.3 is 10.1 Å². The molecule has 1 aromatic rings. The van der Waals surface area contributed by atoms with E-state index in [0.717, 1.165) is 18.9 Å². The number of halogens is 2. The van der Waals surface area contributed by atoms with Crippen LogP contribution in [0.4, 0.5) is 8.78 Å². The lowest BCUT2D eigenvalue weighted by Crippen LogP contribution is -2.37. The van der Waals surface area contributed by atoms with Crippen LogP contribution in [0.1, 0.15) is 26.2 Å². The summed E-state index contributed by atoms with van der Waals surface area (Å²) < 4.78 is 56.7. The van der Waals surface area contributed by atoms with Crippen molar-refractivity contribution in [1.29, 1.82) is 0 Å². The lowest BCUT2D eigenvalue weighted by Gasteiger charge is -2.13. The molecule has 2 rings (SSSR count). The molecule has 0 radical (unpaired) electrons. The first-order chi connectivity index (χ1) is 11.7. The van der Waals surface area contributed by atoms with Gasteiger partial charge in [0.2, 0.25) is 10.0 Å². The fourth-order valence-corrected chi connectivity index (χ4v) is 2.91. The van der Waals surface area contributed by atoms with Crippen LogP contribution in [-0.4, -0.2) is 39.0 Å². The van der Waals surface area contributed by atoms with Gasteiger partial charge in [-0.3, -0.25) is 9.59 Å². The van der Waals surface area contributed by atoms with Crippen molar-refractivity contribution in [1.82, 2.24) is 10.0 Å². The highest BCUT2D eigenvalue weighted by atomic mass is 32.2. The summed E-state index contributed by atoms with van der Waals surface area (Å²) in [6.45, 7) is 1.11. The van der Waals surface area contributed by atoms with Gasteiger partial charge in [-0.15, -0.1) is 0 Å². The molecule has 1 aliphatic rings. The molecule has 0 heterocycles. The molecule has 7 nitrogen and oxygen atoms in total. The van der Waals surface area contributed by atoms with E-state index in [1.54, 1.807) is 0 Å². The van der Waals surface area contributed by atoms with Gasteiger partial charge in [0.1, 0.15) is 0 Å². The van der Waals surface area contributed by atoms with Gasteiger partial charge in [-0.1, -0.05) is 0 Å². The Morgan fingerprint density at radius 1 is 1.28 bits per heavy atom. The Labute approximate surface area is 143 Å². The maximum Gasteiger partial charge on any atom is 0.307 e. The largest absolute Gasteiger partial charge is 0.453 e. The number of hydrogen-bond donors (Lipinski definition) is 2. The second kappa shape index (κ2) is 7.87. The van der Waals surface area contributed by atoms with Gasteiger partial charge in [-0.25, -0.2) is 21.9 Å². The van der Waals surface area contributed by atoms with Crippen molar-refractivity contribution < 1.29 is 31.5 Å². The number of rotatable bonds is 8. The molecule has 0 saturated heterocycles. The number of amides is 1. The molecule has 1 saturated carbocycles. The van der Waals surface area contributed by atoms with Crippen molar-refractivity contribution in [3.05, 3.63) is 29.8 Å². The number of carbonyl (C=O) groups is 2. The standard InChI is InChI=1S/C15H18F2N2O5S/c1-9(15(21)19-10-2-3-10)24-14(20)6-7-18-25(22,23)11-4-5-12(16)13(17)8-11/h4-5,8-10,18H,2-3,6-7H2,1H3,(H,19,21)/t9-/m1/s1. The highest BCUT2D eigenvalue weighted by molar-refractivity contribution is 7.89. The van der Waals surface area contributed by atoms with Crippen LogP contribution in [-0.2, 0) is 24.3 Å². The summed E-state index contributed by atoms with van der Waals surface area (Å²) in [6, 6.07) is 2.28. The van der Waals surface area contributed by atoms with E-state index in [0.29, 0.717) is 12.1 Å². The third-order valence-electron chi connectivity index (χ3n) is 3.42. The van der Waals surface area contributed by atoms with E-state index in [4.69, 9.17) is 4.74 Å². The van der Waals surface area contributed by atoms with E-state index in [2.05, 4.69) is 10.0 Å². The van der Waals surface area contributed by atoms with Gasteiger partial charge in [0.25, 0.3) is 5.91 Å². The van der Waals surface area contributed by atoms with Crippen LogP contribution in [0, 0.1) is 11.6 Å². The molecule has 1 aromatic carbocycles. The van der Waals surface area contributed by atoms with E-state index in [9.17, 15) is 26.8 Å². The lowest BCUT2D eigenvalue weighted by molar-refractivity contribution is -0.154. The van der Waals surface area contributed by atoms with Crippen LogP contribution in [0.2, 0.25) is 0 Å². The zero-order chi connectivity index (χ0) is 18.6. The number of carbonyl (C=O) groups excluding carboxylic acids is 2. The van der Waals surface area contributed by atoms with Crippen LogP contribution < -0.4 is 10.0 Å². The van der Waals surface area contributed by atoms with Crippen molar-refractivity contribution >= 4 is 21.9 Å². The van der Waals surface area contributed by atoms with Crippen molar-refractivity contribution in [2.75, 3.05) is 6.54 Å². The molecule has 0 spiro atoms. The summed E-state index contributed by atoms with van der Waals surface area (Å²) in [4.78, 5) is 22.8. The average molecular weight is 376 g/mol. The molecule has 0 bridgehead atoms. The Kier molecular flexibility index (Phi) is 6.07. The Morgan fingerprint density at radius 3 is 2.56 bits per heavy atom. The van der Waals surface area contributed by atoms with Crippen molar-refractivity contribution in [2.45, 2.75) is 43.2 Å². The molecule has 1 aliphatic carbocycles. The highest BCUT2D eigenvalue weighted by Gasteiger charge is 2.27. The van der Waals surface area contributed by atoms with Crippen molar-refractivity contribution in [2.24, 2.45) is 0 Å². The Bertz CT molecular complexity index is 765. The van der Waals surface area contributed by atoms with E-state index < -0.39 is 44.5 Å². The zero-order valence-corrected chi connectivity index (χ0v) is 14.2. The van der Waals surface area contributed by atoms with Gasteiger partial charge in [0.05, 0.1) is 11.3 Å². The molecule has 138 valence electrons. The lowest BCUT2D eigenvalue weighted by atomic mass is 10.3. The summed E-state index contributed by atoms with van der Waals surface area (Å²) in [5.74, 6) is -3.62. The number of sulfonamides is 1. The fraction of sp³-hybridized carbons (Fsp3) is 0.467.